The van der Waals surface area contributed by atoms with Crippen molar-refractivity contribution >= 4 is 15.7 Å². The van der Waals surface area contributed by atoms with E-state index in [0.717, 1.165) is 32.6 Å². The molecule has 2 saturated heterocycles. The molecule has 1 amide bonds. The molecule has 2 heterocycles. The number of hydrogen-bond acceptors (Lipinski definition) is 5. The molecule has 0 aromatic rings. The maximum Gasteiger partial charge on any atom is 0.237 e. The van der Waals surface area contributed by atoms with Gasteiger partial charge in [-0.1, -0.05) is 5.92 Å². The molecule has 2 rings (SSSR count). The van der Waals surface area contributed by atoms with Gasteiger partial charge in [-0.3, -0.25) is 9.69 Å². The van der Waals surface area contributed by atoms with Gasteiger partial charge in [0.1, 0.15) is 0 Å². The van der Waals surface area contributed by atoms with Gasteiger partial charge in [0.05, 0.1) is 24.6 Å². The number of sulfone groups is 1. The van der Waals surface area contributed by atoms with Crippen molar-refractivity contribution in [1.29, 1.82) is 0 Å². The zero-order valence-corrected chi connectivity index (χ0v) is 13.1. The van der Waals surface area contributed by atoms with Crippen LogP contribution in [0, 0.1) is 12.3 Å². The predicted molar refractivity (Wildman–Crippen MR) is 81.5 cm³/mol. The topological polar surface area (TPSA) is 69.7 Å². The van der Waals surface area contributed by atoms with Crippen molar-refractivity contribution in [2.24, 2.45) is 0 Å². The van der Waals surface area contributed by atoms with E-state index in [1.807, 2.05) is 0 Å². The highest BCUT2D eigenvalue weighted by Crippen LogP contribution is 2.18. The minimum atomic E-state index is -3.02. The van der Waals surface area contributed by atoms with Gasteiger partial charge < -0.3 is 10.2 Å². The van der Waals surface area contributed by atoms with E-state index in [2.05, 4.69) is 16.1 Å². The van der Waals surface area contributed by atoms with Gasteiger partial charge in [0.25, 0.3) is 0 Å². The summed E-state index contributed by atoms with van der Waals surface area (Å²) in [6.45, 7) is 4.06. The largest absolute Gasteiger partial charge is 0.326 e. The number of nitrogens with zero attached hydrogens (tertiary/aromatic N) is 2. The SMILES string of the molecule is C#CCN(C(=O)CN1CCCNCC1)C1CCS(=O)(=O)C1. The summed E-state index contributed by atoms with van der Waals surface area (Å²) in [6, 6.07) is -0.261. The molecule has 7 heteroatoms. The standard InChI is InChI=1S/C14H23N3O3S/c1-2-7-17(13-4-10-21(19,20)12-13)14(18)11-16-8-3-5-15-6-9-16/h1,13,15H,3-12H2. The fraction of sp³-hybridized carbons (Fsp3) is 0.786. The summed E-state index contributed by atoms with van der Waals surface area (Å²) in [5.74, 6) is 2.62. The molecule has 0 aromatic carbocycles. The first kappa shape index (κ1) is 16.3. The van der Waals surface area contributed by atoms with Crippen molar-refractivity contribution in [3.8, 4) is 12.3 Å². The Hall–Kier alpha value is -1.10. The Morgan fingerprint density at radius 2 is 2.19 bits per heavy atom. The van der Waals surface area contributed by atoms with Crippen LogP contribution >= 0.6 is 0 Å². The number of hydrogen-bond donors (Lipinski definition) is 1. The van der Waals surface area contributed by atoms with E-state index < -0.39 is 9.84 Å². The van der Waals surface area contributed by atoms with Gasteiger partial charge >= 0.3 is 0 Å². The van der Waals surface area contributed by atoms with E-state index in [-0.39, 0.29) is 30.0 Å². The number of amides is 1. The molecular formula is C14H23N3O3S. The fourth-order valence-corrected chi connectivity index (χ4v) is 4.61. The summed E-state index contributed by atoms with van der Waals surface area (Å²) in [7, 11) is -3.02. The molecule has 1 unspecified atom stereocenters. The molecule has 21 heavy (non-hydrogen) atoms. The summed E-state index contributed by atoms with van der Waals surface area (Å²) >= 11 is 0. The van der Waals surface area contributed by atoms with Gasteiger partial charge in [0.15, 0.2) is 9.84 Å². The van der Waals surface area contributed by atoms with Crippen LogP contribution in [0.25, 0.3) is 0 Å². The fourth-order valence-electron chi connectivity index (χ4n) is 2.88. The minimum Gasteiger partial charge on any atom is -0.326 e. The lowest BCUT2D eigenvalue weighted by molar-refractivity contribution is -0.133. The maximum absolute atomic E-state index is 12.5. The Morgan fingerprint density at radius 1 is 1.38 bits per heavy atom. The Morgan fingerprint density at radius 3 is 2.86 bits per heavy atom. The summed E-state index contributed by atoms with van der Waals surface area (Å²) in [5, 5.41) is 3.29. The average molecular weight is 313 g/mol. The van der Waals surface area contributed by atoms with Crippen LogP contribution in [0.5, 0.6) is 0 Å². The number of nitrogens with one attached hydrogen (secondary N) is 1. The van der Waals surface area contributed by atoms with Gasteiger partial charge in [-0.2, -0.15) is 0 Å². The first-order valence-electron chi connectivity index (χ1n) is 7.38. The summed E-state index contributed by atoms with van der Waals surface area (Å²) in [6.07, 6.45) is 6.86. The lowest BCUT2D eigenvalue weighted by atomic mass is 10.2. The van der Waals surface area contributed by atoms with Gasteiger partial charge in [-0.05, 0) is 25.9 Å². The number of terminal acetylenes is 1. The zero-order valence-electron chi connectivity index (χ0n) is 12.3. The van der Waals surface area contributed by atoms with Crippen molar-refractivity contribution in [1.82, 2.24) is 15.1 Å². The molecule has 2 fully saturated rings. The van der Waals surface area contributed by atoms with Gasteiger partial charge in [0, 0.05) is 19.1 Å². The average Bonchev–Trinajstić information content (AvgIpc) is 2.64. The molecule has 0 aromatic heterocycles. The smallest absolute Gasteiger partial charge is 0.237 e. The van der Waals surface area contributed by atoms with Crippen molar-refractivity contribution in [2.75, 3.05) is 50.8 Å². The third-order valence-corrected chi connectivity index (χ3v) is 5.77. The second-order valence-electron chi connectivity index (χ2n) is 5.66. The lowest BCUT2D eigenvalue weighted by Gasteiger charge is -2.29. The van der Waals surface area contributed by atoms with Gasteiger partial charge in [0.2, 0.25) is 5.91 Å². The first-order valence-corrected chi connectivity index (χ1v) is 9.20. The van der Waals surface area contributed by atoms with Gasteiger partial charge in [-0.15, -0.1) is 6.42 Å². The molecule has 0 bridgehead atoms. The molecule has 2 aliphatic heterocycles. The van der Waals surface area contributed by atoms with Gasteiger partial charge in [-0.25, -0.2) is 8.42 Å². The van der Waals surface area contributed by atoms with E-state index in [1.165, 1.54) is 0 Å². The number of carbonyl (C=O) groups is 1. The van der Waals surface area contributed by atoms with E-state index in [4.69, 9.17) is 6.42 Å². The van der Waals surface area contributed by atoms with Crippen LogP contribution in [0.15, 0.2) is 0 Å². The van der Waals surface area contributed by atoms with E-state index in [1.54, 1.807) is 4.90 Å². The lowest BCUT2D eigenvalue weighted by Crippen LogP contribution is -2.47. The molecule has 2 aliphatic rings. The van der Waals surface area contributed by atoms with E-state index in [9.17, 15) is 13.2 Å². The monoisotopic (exact) mass is 313 g/mol. The second kappa shape index (κ2) is 7.25. The highest BCUT2D eigenvalue weighted by Gasteiger charge is 2.34. The van der Waals surface area contributed by atoms with E-state index in [0.29, 0.717) is 13.0 Å². The second-order valence-corrected chi connectivity index (χ2v) is 7.89. The summed E-state index contributed by atoms with van der Waals surface area (Å²) < 4.78 is 23.2. The Bertz CT molecular complexity index is 504. The third-order valence-electron chi connectivity index (χ3n) is 4.02. The Kier molecular flexibility index (Phi) is 5.62. The molecule has 118 valence electrons. The summed E-state index contributed by atoms with van der Waals surface area (Å²) in [4.78, 5) is 16.2. The quantitative estimate of drug-likeness (QED) is 0.670. The van der Waals surface area contributed by atoms with Crippen LogP contribution in [-0.2, 0) is 14.6 Å². The van der Waals surface area contributed by atoms with Crippen LogP contribution in [0.3, 0.4) is 0 Å². The third kappa shape index (κ3) is 4.70. The predicted octanol–water partition coefficient (Wildman–Crippen LogP) is -1.07. The van der Waals surface area contributed by atoms with Crippen molar-refractivity contribution in [3.05, 3.63) is 0 Å². The molecule has 1 atom stereocenters. The van der Waals surface area contributed by atoms with Crippen molar-refractivity contribution in [3.63, 3.8) is 0 Å². The highest BCUT2D eigenvalue weighted by molar-refractivity contribution is 7.91. The molecule has 0 spiro atoms. The Balaban J connectivity index is 1.97. The molecule has 6 nitrogen and oxygen atoms in total. The zero-order chi connectivity index (χ0) is 15.3. The molecule has 0 radical (unpaired) electrons. The van der Waals surface area contributed by atoms with Crippen LogP contribution in [0.2, 0.25) is 0 Å². The Labute approximate surface area is 126 Å². The van der Waals surface area contributed by atoms with Crippen LogP contribution in [-0.4, -0.2) is 80.9 Å². The molecule has 0 aliphatic carbocycles. The molecule has 0 saturated carbocycles. The number of rotatable bonds is 4. The number of carbonyl (C=O) groups excluding carboxylic acids is 1. The highest BCUT2D eigenvalue weighted by atomic mass is 32.2. The molecule has 1 N–H and O–H groups in total. The van der Waals surface area contributed by atoms with Crippen LogP contribution < -0.4 is 5.32 Å². The summed E-state index contributed by atoms with van der Waals surface area (Å²) in [5.41, 5.74) is 0. The van der Waals surface area contributed by atoms with E-state index >= 15 is 0 Å². The normalized spacial score (nSPS) is 26.0. The van der Waals surface area contributed by atoms with Crippen LogP contribution in [0.1, 0.15) is 12.8 Å². The molecular weight excluding hydrogens is 290 g/mol. The first-order chi connectivity index (χ1) is 10.0. The van der Waals surface area contributed by atoms with Crippen molar-refractivity contribution in [2.45, 2.75) is 18.9 Å². The van der Waals surface area contributed by atoms with Crippen molar-refractivity contribution < 1.29 is 13.2 Å². The minimum absolute atomic E-state index is 0.0436. The van der Waals surface area contributed by atoms with Crippen LogP contribution in [0.4, 0.5) is 0 Å². The maximum atomic E-state index is 12.5.